The predicted molar refractivity (Wildman–Crippen MR) is 71.2 cm³/mol. The van der Waals surface area contributed by atoms with Gasteiger partial charge < -0.3 is 4.90 Å². The summed E-state index contributed by atoms with van der Waals surface area (Å²) in [5, 5.41) is 2.90. The lowest BCUT2D eigenvalue weighted by Crippen LogP contribution is -2.42. The highest BCUT2D eigenvalue weighted by Gasteiger charge is 2.34. The largest absolute Gasteiger partial charge is 0.416 e. The predicted octanol–water partition coefficient (Wildman–Crippen LogP) is 2.83. The van der Waals surface area contributed by atoms with Crippen molar-refractivity contribution in [1.82, 2.24) is 10.2 Å². The van der Waals surface area contributed by atoms with Gasteiger partial charge in [0, 0.05) is 20.1 Å². The zero-order chi connectivity index (χ0) is 15.5. The summed E-state index contributed by atoms with van der Waals surface area (Å²) in [5.74, 6) is -0.179. The van der Waals surface area contributed by atoms with Crippen molar-refractivity contribution in [2.75, 3.05) is 14.1 Å². The quantitative estimate of drug-likeness (QED) is 0.924. The van der Waals surface area contributed by atoms with Crippen LogP contribution >= 0.6 is 0 Å². The maximum Gasteiger partial charge on any atom is 0.416 e. The highest BCUT2D eigenvalue weighted by atomic mass is 19.4. The van der Waals surface area contributed by atoms with Crippen LogP contribution in [0.4, 0.5) is 13.2 Å². The van der Waals surface area contributed by atoms with Gasteiger partial charge in [-0.25, -0.2) is 0 Å². The van der Waals surface area contributed by atoms with Gasteiger partial charge in [-0.15, -0.1) is 0 Å². The van der Waals surface area contributed by atoms with E-state index in [9.17, 15) is 18.0 Å². The molecule has 3 nitrogen and oxygen atoms in total. The van der Waals surface area contributed by atoms with Gasteiger partial charge in [0.25, 0.3) is 0 Å². The third-order valence-corrected chi connectivity index (χ3v) is 3.04. The minimum absolute atomic E-state index is 0.137. The van der Waals surface area contributed by atoms with E-state index in [0.29, 0.717) is 0 Å². The lowest BCUT2D eigenvalue weighted by atomic mass is 10.0. The minimum atomic E-state index is -4.40. The molecule has 0 aliphatic heterocycles. The number of amides is 1. The SMILES string of the molecule is CC(NC(C)c1ccccc1C(F)(F)F)C(=O)N(C)C. The fraction of sp³-hybridized carbons (Fsp3) is 0.500. The number of carbonyl (C=O) groups excluding carboxylic acids is 1. The second-order valence-electron chi connectivity index (χ2n) is 4.93. The molecule has 0 saturated heterocycles. The van der Waals surface area contributed by atoms with E-state index in [1.165, 1.54) is 17.0 Å². The number of benzene rings is 1. The summed E-state index contributed by atoms with van der Waals surface area (Å²) in [6.45, 7) is 3.25. The summed E-state index contributed by atoms with van der Waals surface area (Å²) in [4.78, 5) is 13.1. The third-order valence-electron chi connectivity index (χ3n) is 3.04. The second kappa shape index (κ2) is 6.26. The normalized spacial score (nSPS) is 14.8. The highest BCUT2D eigenvalue weighted by Crippen LogP contribution is 2.34. The molecule has 0 bridgehead atoms. The number of carbonyl (C=O) groups is 1. The molecule has 0 aromatic heterocycles. The standard InChI is InChI=1S/C14H19F3N2O/c1-9(18-10(2)13(20)19(3)4)11-7-5-6-8-12(11)14(15,16)17/h5-10,18H,1-4H3. The van der Waals surface area contributed by atoms with Crippen molar-refractivity contribution >= 4 is 5.91 Å². The number of halogens is 3. The van der Waals surface area contributed by atoms with Crippen molar-refractivity contribution in [1.29, 1.82) is 0 Å². The lowest BCUT2D eigenvalue weighted by Gasteiger charge is -2.24. The van der Waals surface area contributed by atoms with Gasteiger partial charge in [-0.3, -0.25) is 10.1 Å². The van der Waals surface area contributed by atoms with Crippen LogP contribution in [0.15, 0.2) is 24.3 Å². The van der Waals surface area contributed by atoms with E-state index in [2.05, 4.69) is 5.32 Å². The smallest absolute Gasteiger partial charge is 0.347 e. The van der Waals surface area contributed by atoms with Gasteiger partial charge in [0.15, 0.2) is 0 Å². The molecule has 0 heterocycles. The maximum atomic E-state index is 12.9. The van der Waals surface area contributed by atoms with E-state index in [-0.39, 0.29) is 11.5 Å². The average Bonchev–Trinajstić information content (AvgIpc) is 2.36. The van der Waals surface area contributed by atoms with E-state index < -0.39 is 23.8 Å². The number of rotatable bonds is 4. The molecule has 2 atom stereocenters. The molecule has 0 aliphatic carbocycles. The van der Waals surface area contributed by atoms with Crippen LogP contribution in [0.2, 0.25) is 0 Å². The summed E-state index contributed by atoms with van der Waals surface area (Å²) in [6.07, 6.45) is -4.40. The van der Waals surface area contributed by atoms with Gasteiger partial charge in [0.1, 0.15) is 0 Å². The molecular weight excluding hydrogens is 269 g/mol. The Labute approximate surface area is 116 Å². The first-order chi connectivity index (χ1) is 9.14. The molecule has 1 aromatic rings. The summed E-state index contributed by atoms with van der Waals surface area (Å²) in [5.41, 5.74) is -0.539. The topological polar surface area (TPSA) is 32.3 Å². The Morgan fingerprint density at radius 2 is 1.75 bits per heavy atom. The molecule has 1 aromatic carbocycles. The van der Waals surface area contributed by atoms with Gasteiger partial charge in [0.05, 0.1) is 11.6 Å². The molecule has 1 rings (SSSR count). The first-order valence-electron chi connectivity index (χ1n) is 6.28. The van der Waals surface area contributed by atoms with E-state index in [1.807, 2.05) is 0 Å². The van der Waals surface area contributed by atoms with Crippen LogP contribution in [-0.2, 0) is 11.0 Å². The van der Waals surface area contributed by atoms with Gasteiger partial charge in [-0.1, -0.05) is 18.2 Å². The number of nitrogens with zero attached hydrogens (tertiary/aromatic N) is 1. The van der Waals surface area contributed by atoms with Gasteiger partial charge in [-0.05, 0) is 25.5 Å². The van der Waals surface area contributed by atoms with Gasteiger partial charge in [0.2, 0.25) is 5.91 Å². The van der Waals surface area contributed by atoms with Crippen LogP contribution in [0.5, 0.6) is 0 Å². The van der Waals surface area contributed by atoms with Gasteiger partial charge in [-0.2, -0.15) is 13.2 Å². The number of hydrogen-bond donors (Lipinski definition) is 1. The Bertz CT molecular complexity index is 472. The van der Waals surface area contributed by atoms with E-state index in [1.54, 1.807) is 34.0 Å². The second-order valence-corrected chi connectivity index (χ2v) is 4.93. The summed E-state index contributed by atoms with van der Waals surface area (Å²) in [7, 11) is 3.21. The summed E-state index contributed by atoms with van der Waals surface area (Å²) >= 11 is 0. The fourth-order valence-electron chi connectivity index (χ4n) is 2.06. The van der Waals surface area contributed by atoms with Crippen molar-refractivity contribution in [3.05, 3.63) is 35.4 Å². The van der Waals surface area contributed by atoms with Crippen molar-refractivity contribution in [3.8, 4) is 0 Å². The van der Waals surface area contributed by atoms with Crippen LogP contribution in [0.25, 0.3) is 0 Å². The molecule has 6 heteroatoms. The third kappa shape index (κ3) is 3.96. The zero-order valence-electron chi connectivity index (χ0n) is 12.0. The van der Waals surface area contributed by atoms with Crippen LogP contribution in [0, 0.1) is 0 Å². The molecule has 20 heavy (non-hydrogen) atoms. The molecule has 112 valence electrons. The van der Waals surface area contributed by atoms with Crippen LogP contribution in [0.1, 0.15) is 31.0 Å². The van der Waals surface area contributed by atoms with E-state index in [0.717, 1.165) is 6.07 Å². The summed E-state index contributed by atoms with van der Waals surface area (Å²) in [6, 6.07) is 4.25. The molecule has 0 saturated carbocycles. The first kappa shape index (κ1) is 16.5. The van der Waals surface area contributed by atoms with Crippen molar-refractivity contribution in [2.24, 2.45) is 0 Å². The Hall–Kier alpha value is -1.56. The molecule has 1 N–H and O–H groups in total. The molecule has 0 spiro atoms. The lowest BCUT2D eigenvalue weighted by molar-refractivity contribution is -0.138. The first-order valence-corrected chi connectivity index (χ1v) is 6.28. The van der Waals surface area contributed by atoms with Gasteiger partial charge >= 0.3 is 6.18 Å². The minimum Gasteiger partial charge on any atom is -0.347 e. The number of likely N-dealkylation sites (N-methyl/N-ethyl adjacent to an activating group) is 1. The molecule has 0 radical (unpaired) electrons. The highest BCUT2D eigenvalue weighted by molar-refractivity contribution is 5.80. The monoisotopic (exact) mass is 288 g/mol. The molecular formula is C14H19F3N2O. The molecule has 0 aliphatic rings. The number of nitrogens with one attached hydrogen (secondary N) is 1. The van der Waals surface area contributed by atoms with E-state index in [4.69, 9.17) is 0 Å². The fourth-order valence-corrected chi connectivity index (χ4v) is 2.06. The van der Waals surface area contributed by atoms with Crippen LogP contribution in [-0.4, -0.2) is 30.9 Å². The van der Waals surface area contributed by atoms with Crippen LogP contribution < -0.4 is 5.32 Å². The molecule has 0 fully saturated rings. The van der Waals surface area contributed by atoms with E-state index >= 15 is 0 Å². The van der Waals surface area contributed by atoms with Crippen molar-refractivity contribution < 1.29 is 18.0 Å². The molecule has 2 unspecified atom stereocenters. The molecule has 1 amide bonds. The Morgan fingerprint density at radius 1 is 1.20 bits per heavy atom. The average molecular weight is 288 g/mol. The Morgan fingerprint density at radius 3 is 2.25 bits per heavy atom. The van der Waals surface area contributed by atoms with Crippen LogP contribution in [0.3, 0.4) is 0 Å². The Balaban J connectivity index is 2.94. The number of alkyl halides is 3. The maximum absolute atomic E-state index is 12.9. The Kier molecular flexibility index (Phi) is 5.16. The van der Waals surface area contributed by atoms with Crippen molar-refractivity contribution in [3.63, 3.8) is 0 Å². The zero-order valence-corrected chi connectivity index (χ0v) is 12.0. The summed E-state index contributed by atoms with van der Waals surface area (Å²) < 4.78 is 38.8. The number of hydrogen-bond acceptors (Lipinski definition) is 2. The van der Waals surface area contributed by atoms with Crippen molar-refractivity contribution in [2.45, 2.75) is 32.1 Å².